The standard InChI is InChI=1S/C13H15ClN2S2.C9H10O2/c1-15-6-4-12(10-3-2-5-16-8-10)18-13-7-11(14)9-17-13;1-7(9(10)11)8-5-3-2-4-6-8/h2-3,5,7-9,12,15H,4,6H2,1H3;2-7H,1H3,(H,10,11). The smallest absolute Gasteiger partial charge is 0.310 e. The van der Waals surface area contributed by atoms with Gasteiger partial charge in [-0.3, -0.25) is 9.78 Å². The van der Waals surface area contributed by atoms with E-state index in [9.17, 15) is 4.79 Å². The quantitative estimate of drug-likeness (QED) is 0.407. The Labute approximate surface area is 185 Å². The molecule has 2 unspecified atom stereocenters. The predicted octanol–water partition coefficient (Wildman–Crippen LogP) is 6.11. The molecule has 0 saturated heterocycles. The first-order chi connectivity index (χ1) is 14.0. The number of aliphatic carboxylic acids is 1. The van der Waals surface area contributed by atoms with E-state index in [4.69, 9.17) is 16.7 Å². The number of carbonyl (C=O) groups is 1. The minimum Gasteiger partial charge on any atom is -0.481 e. The number of thiophene rings is 1. The van der Waals surface area contributed by atoms with Crippen LogP contribution in [0.15, 0.2) is 70.5 Å². The SMILES string of the molecule is CC(C(=O)O)c1ccccc1.CNCCC(Sc1cc(Cl)cs1)c1cccnc1. The van der Waals surface area contributed by atoms with Crippen molar-refractivity contribution in [2.45, 2.75) is 28.7 Å². The summed E-state index contributed by atoms with van der Waals surface area (Å²) in [5.74, 6) is -1.19. The van der Waals surface area contributed by atoms with Gasteiger partial charge in [0.1, 0.15) is 0 Å². The number of nitrogens with zero attached hydrogens (tertiary/aromatic N) is 1. The fourth-order valence-electron chi connectivity index (χ4n) is 2.52. The highest BCUT2D eigenvalue weighted by molar-refractivity contribution is 8.01. The van der Waals surface area contributed by atoms with Crippen LogP contribution >= 0.6 is 34.7 Å². The number of carboxylic acids is 1. The van der Waals surface area contributed by atoms with Gasteiger partial charge in [0.25, 0.3) is 0 Å². The van der Waals surface area contributed by atoms with Gasteiger partial charge in [-0.15, -0.1) is 23.1 Å². The number of benzene rings is 1. The summed E-state index contributed by atoms with van der Waals surface area (Å²) in [4.78, 5) is 14.7. The van der Waals surface area contributed by atoms with Crippen molar-refractivity contribution in [2.75, 3.05) is 13.6 Å². The van der Waals surface area contributed by atoms with Gasteiger partial charge in [-0.05, 0) is 50.2 Å². The molecule has 2 heterocycles. The Balaban J connectivity index is 0.000000234. The predicted molar refractivity (Wildman–Crippen MR) is 123 cm³/mol. The molecule has 0 fully saturated rings. The molecule has 4 nitrogen and oxygen atoms in total. The van der Waals surface area contributed by atoms with Crippen LogP contribution in [0.25, 0.3) is 0 Å². The zero-order valence-corrected chi connectivity index (χ0v) is 18.8. The second-order valence-electron chi connectivity index (χ2n) is 6.34. The Hall–Kier alpha value is -1.86. The van der Waals surface area contributed by atoms with Crippen molar-refractivity contribution in [1.29, 1.82) is 0 Å². The van der Waals surface area contributed by atoms with Crippen molar-refractivity contribution < 1.29 is 9.90 Å². The summed E-state index contributed by atoms with van der Waals surface area (Å²) < 4.78 is 1.25. The van der Waals surface area contributed by atoms with Crippen LogP contribution in [-0.4, -0.2) is 29.7 Å². The molecule has 0 bridgehead atoms. The van der Waals surface area contributed by atoms with E-state index in [1.165, 1.54) is 9.77 Å². The van der Waals surface area contributed by atoms with Crippen LogP contribution in [-0.2, 0) is 4.79 Å². The monoisotopic (exact) mass is 448 g/mol. The summed E-state index contributed by atoms with van der Waals surface area (Å²) in [6.45, 7) is 2.67. The zero-order chi connectivity index (χ0) is 21.1. The van der Waals surface area contributed by atoms with Crippen LogP contribution in [0.3, 0.4) is 0 Å². The Kier molecular flexibility index (Phi) is 10.2. The molecular weight excluding hydrogens is 424 g/mol. The molecule has 0 aliphatic rings. The lowest BCUT2D eigenvalue weighted by atomic mass is 10.0. The highest BCUT2D eigenvalue weighted by Gasteiger charge is 2.14. The van der Waals surface area contributed by atoms with Gasteiger partial charge in [-0.2, -0.15) is 0 Å². The van der Waals surface area contributed by atoms with Crippen molar-refractivity contribution in [3.8, 4) is 0 Å². The third-order valence-corrected chi connectivity index (χ3v) is 6.97. The van der Waals surface area contributed by atoms with E-state index in [1.54, 1.807) is 18.3 Å². The van der Waals surface area contributed by atoms with Crippen LogP contribution in [0, 0.1) is 0 Å². The van der Waals surface area contributed by atoms with Crippen LogP contribution in [0.1, 0.15) is 35.6 Å². The van der Waals surface area contributed by atoms with Crippen molar-refractivity contribution in [3.05, 3.63) is 82.5 Å². The van der Waals surface area contributed by atoms with Crippen molar-refractivity contribution in [3.63, 3.8) is 0 Å². The van der Waals surface area contributed by atoms with E-state index in [-0.39, 0.29) is 0 Å². The number of hydrogen-bond donors (Lipinski definition) is 2. The summed E-state index contributed by atoms with van der Waals surface area (Å²) in [5, 5.41) is 15.1. The summed E-state index contributed by atoms with van der Waals surface area (Å²) in [6.07, 6.45) is 4.83. The number of hydrogen-bond acceptors (Lipinski definition) is 5. The maximum atomic E-state index is 10.5. The van der Waals surface area contributed by atoms with E-state index >= 15 is 0 Å². The molecule has 7 heteroatoms. The van der Waals surface area contributed by atoms with E-state index in [2.05, 4.69) is 16.4 Å². The average molecular weight is 449 g/mol. The lowest BCUT2D eigenvalue weighted by molar-refractivity contribution is -0.138. The van der Waals surface area contributed by atoms with Crippen molar-refractivity contribution in [1.82, 2.24) is 10.3 Å². The van der Waals surface area contributed by atoms with E-state index < -0.39 is 11.9 Å². The van der Waals surface area contributed by atoms with Crippen LogP contribution in [0.4, 0.5) is 0 Å². The first-order valence-corrected chi connectivity index (χ1v) is 11.4. The first kappa shape index (κ1) is 23.4. The van der Waals surface area contributed by atoms with Gasteiger partial charge in [-0.1, -0.05) is 48.0 Å². The maximum Gasteiger partial charge on any atom is 0.310 e. The lowest BCUT2D eigenvalue weighted by Gasteiger charge is -2.15. The van der Waals surface area contributed by atoms with Crippen molar-refractivity contribution in [2.24, 2.45) is 0 Å². The molecule has 2 atom stereocenters. The fourth-order valence-corrected chi connectivity index (χ4v) is 5.08. The topological polar surface area (TPSA) is 62.2 Å². The third-order valence-electron chi connectivity index (χ3n) is 4.18. The molecule has 154 valence electrons. The molecule has 0 aliphatic heterocycles. The number of thioether (sulfide) groups is 1. The molecule has 2 N–H and O–H groups in total. The number of pyridine rings is 1. The Bertz CT molecular complexity index is 860. The lowest BCUT2D eigenvalue weighted by Crippen LogP contribution is -2.10. The number of rotatable bonds is 8. The molecule has 2 aromatic heterocycles. The van der Waals surface area contributed by atoms with E-state index in [0.29, 0.717) is 5.25 Å². The fraction of sp³-hybridized carbons (Fsp3) is 0.273. The van der Waals surface area contributed by atoms with Crippen molar-refractivity contribution >= 4 is 40.7 Å². The van der Waals surface area contributed by atoms with Crippen LogP contribution < -0.4 is 5.32 Å². The van der Waals surface area contributed by atoms with Crippen LogP contribution in [0.5, 0.6) is 0 Å². The molecule has 0 radical (unpaired) electrons. The molecule has 0 aliphatic carbocycles. The highest BCUT2D eigenvalue weighted by atomic mass is 35.5. The summed E-state index contributed by atoms with van der Waals surface area (Å²) >= 11 is 9.52. The van der Waals surface area contributed by atoms with Gasteiger partial charge in [0, 0.05) is 23.0 Å². The normalized spacial score (nSPS) is 12.5. The molecule has 0 spiro atoms. The van der Waals surface area contributed by atoms with E-state index in [1.807, 2.05) is 79.0 Å². The third kappa shape index (κ3) is 8.19. The summed E-state index contributed by atoms with van der Waals surface area (Å²) in [7, 11) is 1.98. The van der Waals surface area contributed by atoms with Gasteiger partial charge in [0.2, 0.25) is 0 Å². The molecule has 1 aromatic carbocycles. The summed E-state index contributed by atoms with van der Waals surface area (Å²) in [6, 6.07) is 15.3. The maximum absolute atomic E-state index is 10.5. The average Bonchev–Trinajstić information content (AvgIpc) is 3.17. The number of carboxylic acid groups (broad SMARTS) is 1. The van der Waals surface area contributed by atoms with Gasteiger partial charge < -0.3 is 10.4 Å². The zero-order valence-electron chi connectivity index (χ0n) is 16.4. The largest absolute Gasteiger partial charge is 0.481 e. The first-order valence-electron chi connectivity index (χ1n) is 9.24. The minimum atomic E-state index is -0.781. The molecule has 3 rings (SSSR count). The van der Waals surface area contributed by atoms with Gasteiger partial charge in [0.05, 0.1) is 15.1 Å². The minimum absolute atomic E-state index is 0.406. The second kappa shape index (κ2) is 12.6. The Morgan fingerprint density at radius 2 is 1.97 bits per heavy atom. The molecule has 0 saturated carbocycles. The van der Waals surface area contributed by atoms with E-state index in [0.717, 1.165) is 23.6 Å². The number of aromatic nitrogens is 1. The Morgan fingerprint density at radius 3 is 2.52 bits per heavy atom. The molecule has 29 heavy (non-hydrogen) atoms. The molecule has 0 amide bonds. The number of halogens is 1. The van der Waals surface area contributed by atoms with Gasteiger partial charge in [-0.25, -0.2) is 0 Å². The van der Waals surface area contributed by atoms with Gasteiger partial charge >= 0.3 is 5.97 Å². The van der Waals surface area contributed by atoms with Gasteiger partial charge in [0.15, 0.2) is 0 Å². The number of nitrogens with one attached hydrogen (secondary N) is 1. The second-order valence-corrected chi connectivity index (χ2v) is 9.19. The summed E-state index contributed by atoms with van der Waals surface area (Å²) in [5.41, 5.74) is 2.11. The highest BCUT2D eigenvalue weighted by Crippen LogP contribution is 2.40. The van der Waals surface area contributed by atoms with Crippen LogP contribution in [0.2, 0.25) is 5.02 Å². The molecule has 3 aromatic rings. The molecular formula is C22H25ClN2O2S2. The Morgan fingerprint density at radius 1 is 1.24 bits per heavy atom.